The lowest BCUT2D eigenvalue weighted by atomic mass is 9.98. The molecule has 0 aliphatic rings. The zero-order chi connectivity index (χ0) is 15.9. The molecule has 0 aromatic heterocycles. The summed E-state index contributed by atoms with van der Waals surface area (Å²) in [4.78, 5) is 0.118. The van der Waals surface area contributed by atoms with Gasteiger partial charge in [0, 0.05) is 6.61 Å². The fraction of sp³-hybridized carbons (Fsp3) is 0.600. The highest BCUT2D eigenvalue weighted by atomic mass is 32.2. The molecular weight excluding hydrogens is 290 g/mol. The third-order valence-corrected chi connectivity index (χ3v) is 4.20. The Hall–Kier alpha value is -1.11. The Labute approximate surface area is 127 Å². The van der Waals surface area contributed by atoms with E-state index in [1.165, 1.54) is 6.07 Å². The van der Waals surface area contributed by atoms with Gasteiger partial charge in [-0.25, -0.2) is 13.6 Å². The predicted molar refractivity (Wildman–Crippen MR) is 83.1 cm³/mol. The van der Waals surface area contributed by atoms with E-state index in [1.54, 1.807) is 12.1 Å². The summed E-state index contributed by atoms with van der Waals surface area (Å²) >= 11 is 0. The molecule has 0 amide bonds. The van der Waals surface area contributed by atoms with Crippen molar-refractivity contribution in [1.82, 2.24) is 0 Å². The maximum absolute atomic E-state index is 11.5. The molecule has 0 aliphatic carbocycles. The van der Waals surface area contributed by atoms with Crippen LogP contribution in [-0.4, -0.2) is 28.2 Å². The summed E-state index contributed by atoms with van der Waals surface area (Å²) in [6.07, 6.45) is 1.86. The molecule has 1 atom stereocenters. The molecule has 6 heteroatoms. The Morgan fingerprint density at radius 1 is 1.19 bits per heavy atom. The van der Waals surface area contributed by atoms with Gasteiger partial charge in [-0.1, -0.05) is 20.8 Å². The van der Waals surface area contributed by atoms with Crippen LogP contribution in [0.15, 0.2) is 23.1 Å². The first kappa shape index (κ1) is 17.9. The van der Waals surface area contributed by atoms with Crippen molar-refractivity contribution in [3.63, 3.8) is 0 Å². The van der Waals surface area contributed by atoms with Crippen LogP contribution >= 0.6 is 0 Å². The van der Waals surface area contributed by atoms with Crippen molar-refractivity contribution in [2.24, 2.45) is 5.14 Å². The van der Waals surface area contributed by atoms with Crippen LogP contribution in [0.3, 0.4) is 0 Å². The maximum atomic E-state index is 11.5. The summed E-state index contributed by atoms with van der Waals surface area (Å²) in [5.74, 6) is 0.884. The molecule has 120 valence electrons. The molecule has 0 saturated carbocycles. The van der Waals surface area contributed by atoms with E-state index in [-0.39, 0.29) is 10.8 Å². The van der Waals surface area contributed by atoms with Crippen molar-refractivity contribution >= 4 is 10.0 Å². The van der Waals surface area contributed by atoms with E-state index in [0.29, 0.717) is 25.6 Å². The normalized spacial score (nSPS) is 13.1. The average molecular weight is 315 g/mol. The van der Waals surface area contributed by atoms with Crippen molar-refractivity contribution in [2.45, 2.75) is 44.4 Å². The third kappa shape index (κ3) is 5.65. The van der Waals surface area contributed by atoms with Crippen LogP contribution in [0.25, 0.3) is 0 Å². The third-order valence-electron chi connectivity index (χ3n) is 3.29. The molecule has 21 heavy (non-hydrogen) atoms. The van der Waals surface area contributed by atoms with Crippen LogP contribution in [0.1, 0.15) is 45.1 Å². The van der Waals surface area contributed by atoms with Gasteiger partial charge in [0.1, 0.15) is 12.4 Å². The summed E-state index contributed by atoms with van der Waals surface area (Å²) < 4.78 is 34.0. The Morgan fingerprint density at radius 2 is 1.90 bits per heavy atom. The van der Waals surface area contributed by atoms with E-state index >= 15 is 0 Å². The fourth-order valence-electron chi connectivity index (χ4n) is 1.90. The largest absolute Gasteiger partial charge is 0.491 e. The minimum absolute atomic E-state index is 0.118. The molecule has 1 aromatic rings. The first-order valence-electron chi connectivity index (χ1n) is 7.27. The Balaban J connectivity index is 2.87. The molecule has 1 unspecified atom stereocenters. The number of hydrogen-bond donors (Lipinski definition) is 1. The van der Waals surface area contributed by atoms with Crippen LogP contribution in [0.2, 0.25) is 0 Å². The van der Waals surface area contributed by atoms with Crippen LogP contribution in [0, 0.1) is 0 Å². The number of hydrogen-bond acceptors (Lipinski definition) is 4. The Morgan fingerprint density at radius 3 is 2.48 bits per heavy atom. The molecular formula is C15H25NO4S. The summed E-state index contributed by atoms with van der Waals surface area (Å²) in [5, 5.41) is 5.18. The van der Waals surface area contributed by atoms with Crippen molar-refractivity contribution in [3.8, 4) is 5.75 Å². The molecule has 0 radical (unpaired) electrons. The van der Waals surface area contributed by atoms with Crippen LogP contribution in [0.5, 0.6) is 5.75 Å². The van der Waals surface area contributed by atoms with Gasteiger partial charge in [0.15, 0.2) is 0 Å². The lowest BCUT2D eigenvalue weighted by molar-refractivity contribution is 0.100. The second-order valence-electron chi connectivity index (χ2n) is 5.01. The molecule has 1 rings (SSSR count). The van der Waals surface area contributed by atoms with Gasteiger partial charge >= 0.3 is 0 Å². The van der Waals surface area contributed by atoms with E-state index in [2.05, 4.69) is 0 Å². The van der Waals surface area contributed by atoms with Crippen molar-refractivity contribution in [2.75, 3.05) is 19.8 Å². The van der Waals surface area contributed by atoms with E-state index in [0.717, 1.165) is 18.4 Å². The van der Waals surface area contributed by atoms with Crippen LogP contribution in [0.4, 0.5) is 0 Å². The number of benzene rings is 1. The minimum Gasteiger partial charge on any atom is -0.491 e. The molecule has 5 nitrogen and oxygen atoms in total. The first-order valence-corrected chi connectivity index (χ1v) is 8.82. The first-order chi connectivity index (χ1) is 9.90. The van der Waals surface area contributed by atoms with Gasteiger partial charge in [0.2, 0.25) is 10.0 Å². The van der Waals surface area contributed by atoms with Gasteiger partial charge in [0.25, 0.3) is 0 Å². The maximum Gasteiger partial charge on any atom is 0.238 e. The second kappa shape index (κ2) is 8.36. The van der Waals surface area contributed by atoms with Gasteiger partial charge in [-0.3, -0.25) is 0 Å². The van der Waals surface area contributed by atoms with Gasteiger partial charge < -0.3 is 9.47 Å². The molecule has 0 aliphatic heterocycles. The number of ether oxygens (including phenoxy) is 2. The van der Waals surface area contributed by atoms with Crippen molar-refractivity contribution < 1.29 is 17.9 Å². The monoisotopic (exact) mass is 315 g/mol. The van der Waals surface area contributed by atoms with Crippen LogP contribution in [-0.2, 0) is 14.8 Å². The highest BCUT2D eigenvalue weighted by molar-refractivity contribution is 7.89. The SMILES string of the molecule is CCCOCCOc1ccc(S(N)(=O)=O)cc1C(C)CC. The van der Waals surface area contributed by atoms with E-state index in [1.807, 2.05) is 20.8 Å². The van der Waals surface area contributed by atoms with Crippen molar-refractivity contribution in [1.29, 1.82) is 0 Å². The molecule has 0 saturated heterocycles. The summed E-state index contributed by atoms with van der Waals surface area (Å²) in [5.41, 5.74) is 0.861. The molecule has 0 fully saturated rings. The molecule has 0 spiro atoms. The number of rotatable bonds is 9. The predicted octanol–water partition coefficient (Wildman–Crippen LogP) is 2.65. The second-order valence-corrected chi connectivity index (χ2v) is 6.58. The van der Waals surface area contributed by atoms with Gasteiger partial charge in [-0.05, 0) is 42.5 Å². The zero-order valence-corrected chi connectivity index (χ0v) is 13.8. The highest BCUT2D eigenvalue weighted by Gasteiger charge is 2.15. The molecule has 0 bridgehead atoms. The number of nitrogens with two attached hydrogens (primary N) is 1. The van der Waals surface area contributed by atoms with Crippen molar-refractivity contribution in [3.05, 3.63) is 23.8 Å². The fourth-order valence-corrected chi connectivity index (χ4v) is 2.45. The quantitative estimate of drug-likeness (QED) is 0.711. The van der Waals surface area contributed by atoms with Gasteiger partial charge in [-0.2, -0.15) is 0 Å². The highest BCUT2D eigenvalue weighted by Crippen LogP contribution is 2.30. The molecule has 1 aromatic carbocycles. The Kier molecular flexibility index (Phi) is 7.14. The van der Waals surface area contributed by atoms with E-state index < -0.39 is 10.0 Å². The minimum atomic E-state index is -3.70. The summed E-state index contributed by atoms with van der Waals surface area (Å²) in [7, 11) is -3.70. The van der Waals surface area contributed by atoms with Crippen LogP contribution < -0.4 is 9.88 Å². The molecule has 2 N–H and O–H groups in total. The number of sulfonamides is 1. The van der Waals surface area contributed by atoms with Gasteiger partial charge in [0.05, 0.1) is 11.5 Å². The van der Waals surface area contributed by atoms with E-state index in [9.17, 15) is 8.42 Å². The lowest BCUT2D eigenvalue weighted by Crippen LogP contribution is -2.14. The topological polar surface area (TPSA) is 78.6 Å². The average Bonchev–Trinajstić information content (AvgIpc) is 2.45. The zero-order valence-electron chi connectivity index (χ0n) is 13.0. The standard InChI is InChI=1S/C15H25NO4S/c1-4-8-19-9-10-20-15-7-6-13(21(16,17)18)11-14(15)12(3)5-2/h6-7,11-12H,4-5,8-10H2,1-3H3,(H2,16,17,18). The smallest absolute Gasteiger partial charge is 0.238 e. The lowest BCUT2D eigenvalue weighted by Gasteiger charge is -2.17. The number of primary sulfonamides is 1. The Bertz CT molecular complexity index is 543. The molecule has 0 heterocycles. The summed E-state index contributed by atoms with van der Waals surface area (Å²) in [6.45, 7) is 7.80. The van der Waals surface area contributed by atoms with Gasteiger partial charge in [-0.15, -0.1) is 0 Å². The van der Waals surface area contributed by atoms with E-state index in [4.69, 9.17) is 14.6 Å². The summed E-state index contributed by atoms with van der Waals surface area (Å²) in [6, 6.07) is 4.75.